The third kappa shape index (κ3) is 4.27. The van der Waals surface area contributed by atoms with E-state index < -0.39 is 5.92 Å². The summed E-state index contributed by atoms with van der Waals surface area (Å²) in [7, 11) is 0. The normalized spacial score (nSPS) is 15.9. The third-order valence-corrected chi connectivity index (χ3v) is 5.30. The van der Waals surface area contributed by atoms with Crippen LogP contribution in [0.25, 0.3) is 0 Å². The maximum Gasteiger partial charge on any atom is 0.257 e. The van der Waals surface area contributed by atoms with Crippen LogP contribution in [0.5, 0.6) is 11.5 Å². The summed E-state index contributed by atoms with van der Waals surface area (Å²) in [6.45, 7) is 4.59. The van der Waals surface area contributed by atoms with Gasteiger partial charge in [0.2, 0.25) is 5.91 Å². The van der Waals surface area contributed by atoms with Crippen molar-refractivity contribution in [1.82, 2.24) is 9.97 Å². The van der Waals surface area contributed by atoms with Crippen molar-refractivity contribution in [2.45, 2.75) is 44.2 Å². The van der Waals surface area contributed by atoms with E-state index in [0.717, 1.165) is 18.6 Å². The SMILES string of the molecule is CCCOc1ccc(C2CC(=O)Nc3nc(SCCC)[nH]c(=O)c32)c(O)c1. The van der Waals surface area contributed by atoms with Gasteiger partial charge < -0.3 is 20.1 Å². The number of phenolic OH excluding ortho intramolecular Hbond substituents is 1. The standard InChI is InChI=1S/C19H23N3O4S/c1-3-7-26-11-5-6-12(14(23)9-11)13-10-15(24)20-17-16(13)18(25)22-19(21-17)27-8-4-2/h5-6,9,13,23H,3-4,7-8,10H2,1-2H3,(H2,20,21,22,24,25). The van der Waals surface area contributed by atoms with Gasteiger partial charge in [0.1, 0.15) is 17.3 Å². The van der Waals surface area contributed by atoms with Gasteiger partial charge in [-0.05, 0) is 18.9 Å². The van der Waals surface area contributed by atoms with Crippen LogP contribution < -0.4 is 15.6 Å². The quantitative estimate of drug-likeness (QED) is 0.496. The van der Waals surface area contributed by atoms with Crippen LogP contribution >= 0.6 is 11.8 Å². The number of thioether (sulfide) groups is 1. The number of fused-ring (bicyclic) bond motifs is 1. The monoisotopic (exact) mass is 389 g/mol. The Morgan fingerprint density at radius 1 is 1.30 bits per heavy atom. The summed E-state index contributed by atoms with van der Waals surface area (Å²) in [4.78, 5) is 32.1. The first kappa shape index (κ1) is 19.3. The molecule has 1 aliphatic heterocycles. The van der Waals surface area contributed by atoms with Gasteiger partial charge in [-0.3, -0.25) is 9.59 Å². The molecule has 3 rings (SSSR count). The van der Waals surface area contributed by atoms with Crippen molar-refractivity contribution < 1.29 is 14.6 Å². The van der Waals surface area contributed by atoms with E-state index in [4.69, 9.17) is 4.74 Å². The molecule has 0 aliphatic carbocycles. The van der Waals surface area contributed by atoms with Crippen molar-refractivity contribution in [1.29, 1.82) is 0 Å². The van der Waals surface area contributed by atoms with Gasteiger partial charge in [-0.25, -0.2) is 4.98 Å². The number of benzene rings is 1. The number of anilines is 1. The summed E-state index contributed by atoms with van der Waals surface area (Å²) in [5.74, 6) is 0.844. The molecule has 3 N–H and O–H groups in total. The molecule has 0 saturated carbocycles. The molecular weight excluding hydrogens is 366 g/mol. The van der Waals surface area contributed by atoms with Gasteiger partial charge in [0, 0.05) is 29.7 Å². The number of hydrogen-bond donors (Lipinski definition) is 3. The van der Waals surface area contributed by atoms with E-state index in [2.05, 4.69) is 15.3 Å². The number of nitrogens with one attached hydrogen (secondary N) is 2. The molecule has 2 heterocycles. The minimum Gasteiger partial charge on any atom is -0.508 e. The highest BCUT2D eigenvalue weighted by molar-refractivity contribution is 7.99. The number of aromatic amines is 1. The minimum absolute atomic E-state index is 0.00177. The lowest BCUT2D eigenvalue weighted by molar-refractivity contribution is -0.116. The van der Waals surface area contributed by atoms with E-state index in [9.17, 15) is 14.7 Å². The van der Waals surface area contributed by atoms with Crippen LogP contribution in [-0.2, 0) is 4.79 Å². The molecule has 0 bridgehead atoms. The van der Waals surface area contributed by atoms with E-state index in [1.807, 2.05) is 13.8 Å². The molecule has 8 heteroatoms. The number of ether oxygens (including phenoxy) is 1. The highest BCUT2D eigenvalue weighted by Gasteiger charge is 2.32. The van der Waals surface area contributed by atoms with E-state index in [0.29, 0.717) is 28.6 Å². The van der Waals surface area contributed by atoms with Crippen molar-refractivity contribution in [3.05, 3.63) is 39.7 Å². The number of hydrogen-bond acceptors (Lipinski definition) is 6. The number of amides is 1. The first-order valence-electron chi connectivity index (χ1n) is 9.06. The topological polar surface area (TPSA) is 104 Å². The molecule has 0 radical (unpaired) electrons. The molecule has 7 nitrogen and oxygen atoms in total. The Labute approximate surface area is 161 Å². The van der Waals surface area contributed by atoms with Crippen LogP contribution in [0.4, 0.5) is 5.82 Å². The summed E-state index contributed by atoms with van der Waals surface area (Å²) in [5, 5.41) is 13.6. The number of aromatic hydroxyl groups is 1. The molecule has 1 aromatic carbocycles. The van der Waals surface area contributed by atoms with Gasteiger partial charge in [0.05, 0.1) is 12.2 Å². The Balaban J connectivity index is 1.99. The molecule has 2 aromatic rings. The maximum absolute atomic E-state index is 12.7. The molecule has 27 heavy (non-hydrogen) atoms. The first-order valence-corrected chi connectivity index (χ1v) is 10.0. The second-order valence-electron chi connectivity index (χ2n) is 6.36. The summed E-state index contributed by atoms with van der Waals surface area (Å²) in [6.07, 6.45) is 1.88. The zero-order valence-corrected chi connectivity index (χ0v) is 16.2. The van der Waals surface area contributed by atoms with Crippen molar-refractivity contribution >= 4 is 23.5 Å². The second-order valence-corrected chi connectivity index (χ2v) is 7.44. The zero-order valence-electron chi connectivity index (χ0n) is 15.4. The lowest BCUT2D eigenvalue weighted by atomic mass is 9.86. The highest BCUT2D eigenvalue weighted by atomic mass is 32.2. The Kier molecular flexibility index (Phi) is 6.05. The van der Waals surface area contributed by atoms with Crippen molar-refractivity contribution in [2.75, 3.05) is 17.7 Å². The lowest BCUT2D eigenvalue weighted by Gasteiger charge is -2.25. The predicted octanol–water partition coefficient (Wildman–Crippen LogP) is 3.24. The minimum atomic E-state index is -0.560. The number of phenols is 1. The van der Waals surface area contributed by atoms with Gasteiger partial charge in [-0.15, -0.1) is 0 Å². The third-order valence-electron chi connectivity index (χ3n) is 4.22. The molecule has 1 amide bonds. The molecule has 0 saturated heterocycles. The molecule has 1 unspecified atom stereocenters. The number of H-pyrrole nitrogens is 1. The van der Waals surface area contributed by atoms with Crippen LogP contribution in [0.2, 0.25) is 0 Å². The maximum atomic E-state index is 12.7. The van der Waals surface area contributed by atoms with Crippen molar-refractivity contribution in [3.8, 4) is 11.5 Å². The fraction of sp³-hybridized carbons (Fsp3) is 0.421. The van der Waals surface area contributed by atoms with Crippen LogP contribution in [0.1, 0.15) is 50.2 Å². The van der Waals surface area contributed by atoms with E-state index in [-0.39, 0.29) is 29.5 Å². The van der Waals surface area contributed by atoms with E-state index in [1.165, 1.54) is 17.8 Å². The smallest absolute Gasteiger partial charge is 0.257 e. The van der Waals surface area contributed by atoms with Crippen LogP contribution in [0.3, 0.4) is 0 Å². The van der Waals surface area contributed by atoms with Gasteiger partial charge in [0.25, 0.3) is 5.56 Å². The largest absolute Gasteiger partial charge is 0.508 e. The molecule has 1 aliphatic rings. The summed E-state index contributed by atoms with van der Waals surface area (Å²) >= 11 is 1.43. The number of carbonyl (C=O) groups excluding carboxylic acids is 1. The van der Waals surface area contributed by atoms with Crippen LogP contribution in [-0.4, -0.2) is 33.3 Å². The van der Waals surface area contributed by atoms with E-state index in [1.54, 1.807) is 12.1 Å². The molecule has 1 atom stereocenters. The van der Waals surface area contributed by atoms with Gasteiger partial charge in [-0.1, -0.05) is 31.7 Å². The second kappa shape index (κ2) is 8.47. The zero-order chi connectivity index (χ0) is 19.4. The summed E-state index contributed by atoms with van der Waals surface area (Å²) < 4.78 is 5.52. The summed E-state index contributed by atoms with van der Waals surface area (Å²) in [5.41, 5.74) is 0.582. The number of nitrogens with zero attached hydrogens (tertiary/aromatic N) is 1. The number of aromatic nitrogens is 2. The van der Waals surface area contributed by atoms with Crippen LogP contribution in [0, 0.1) is 0 Å². The van der Waals surface area contributed by atoms with E-state index >= 15 is 0 Å². The Hall–Kier alpha value is -2.48. The molecule has 1 aromatic heterocycles. The first-order chi connectivity index (χ1) is 13.0. The Morgan fingerprint density at radius 3 is 2.81 bits per heavy atom. The molecule has 0 spiro atoms. The fourth-order valence-corrected chi connectivity index (χ4v) is 3.73. The van der Waals surface area contributed by atoms with Gasteiger partial charge in [0.15, 0.2) is 5.16 Å². The summed E-state index contributed by atoms with van der Waals surface area (Å²) in [6, 6.07) is 4.96. The molecule has 144 valence electrons. The number of carbonyl (C=O) groups is 1. The fourth-order valence-electron chi connectivity index (χ4n) is 3.01. The van der Waals surface area contributed by atoms with Crippen molar-refractivity contribution in [3.63, 3.8) is 0 Å². The van der Waals surface area contributed by atoms with Crippen LogP contribution in [0.15, 0.2) is 28.2 Å². The van der Waals surface area contributed by atoms with Gasteiger partial charge >= 0.3 is 0 Å². The highest BCUT2D eigenvalue weighted by Crippen LogP contribution is 2.39. The van der Waals surface area contributed by atoms with Gasteiger partial charge in [-0.2, -0.15) is 0 Å². The Bertz CT molecular complexity index is 897. The van der Waals surface area contributed by atoms with Crippen molar-refractivity contribution in [2.24, 2.45) is 0 Å². The predicted molar refractivity (Wildman–Crippen MR) is 105 cm³/mol. The molecule has 0 fully saturated rings. The Morgan fingerprint density at radius 2 is 2.11 bits per heavy atom. The average Bonchev–Trinajstić information content (AvgIpc) is 2.63. The molecular formula is C19H23N3O4S. The number of rotatable bonds is 7. The average molecular weight is 389 g/mol. The lowest BCUT2D eigenvalue weighted by Crippen LogP contribution is -2.31.